The van der Waals surface area contributed by atoms with Gasteiger partial charge in [0.05, 0.1) is 41.9 Å². The van der Waals surface area contributed by atoms with E-state index in [4.69, 9.17) is 10.8 Å². The van der Waals surface area contributed by atoms with E-state index in [1.807, 2.05) is 16.7 Å². The van der Waals surface area contributed by atoms with Gasteiger partial charge in [-0.1, -0.05) is 6.92 Å². The Morgan fingerprint density at radius 2 is 1.10 bits per heavy atom. The van der Waals surface area contributed by atoms with Crippen LogP contribution >= 0.6 is 0 Å². The summed E-state index contributed by atoms with van der Waals surface area (Å²) in [7, 11) is 3.22. The minimum Gasteiger partial charge on any atom is -0.478 e. The van der Waals surface area contributed by atoms with Crippen LogP contribution in [0.15, 0.2) is 60.9 Å². The van der Waals surface area contributed by atoms with E-state index in [0.29, 0.717) is 56.0 Å². The predicted octanol–water partition coefficient (Wildman–Crippen LogP) is 6.63. The molecule has 2 fully saturated rings. The molecule has 0 saturated carbocycles. The number of nitrogens with one attached hydrogen (secondary N) is 2. The van der Waals surface area contributed by atoms with Crippen molar-refractivity contribution in [2.75, 3.05) is 77.1 Å². The van der Waals surface area contributed by atoms with Gasteiger partial charge in [-0.15, -0.1) is 0 Å². The van der Waals surface area contributed by atoms with Crippen LogP contribution in [-0.4, -0.2) is 137 Å². The number of nitrogens with two attached hydrogens (primary N) is 1. The highest BCUT2D eigenvalue weighted by Crippen LogP contribution is 2.41. The molecule has 4 aliphatic heterocycles. The fraction of sp³-hybridized carbons (Fsp3) is 0.409. The molecule has 4 aliphatic rings. The zero-order chi connectivity index (χ0) is 50.4. The van der Waals surface area contributed by atoms with Crippen LogP contribution in [0.3, 0.4) is 0 Å². The smallest absolute Gasteiger partial charge is 0.389 e. The summed E-state index contributed by atoms with van der Waals surface area (Å²) in [6, 6.07) is 9.75. The molecule has 0 aliphatic carbocycles. The molecule has 2 saturated heterocycles. The van der Waals surface area contributed by atoms with Crippen LogP contribution in [0.1, 0.15) is 87.1 Å². The maximum absolute atomic E-state index is 13.3. The number of halogens is 6. The Kier molecular flexibility index (Phi) is 15.7. The zero-order valence-electron chi connectivity index (χ0n) is 37.5. The molecule has 8 heterocycles. The van der Waals surface area contributed by atoms with Crippen LogP contribution in [0.25, 0.3) is 0 Å². The Bertz CT molecular complexity index is 2600. The average Bonchev–Trinajstić information content (AvgIpc) is 3.92. The van der Waals surface area contributed by atoms with Crippen molar-refractivity contribution in [2.45, 2.75) is 69.9 Å². The van der Waals surface area contributed by atoms with Crippen molar-refractivity contribution in [1.29, 1.82) is 0 Å². The highest BCUT2D eigenvalue weighted by Gasteiger charge is 2.42. The fourth-order valence-corrected chi connectivity index (χ4v) is 7.88. The normalized spacial score (nSPS) is 16.5. The van der Waals surface area contributed by atoms with Gasteiger partial charge in [-0.2, -0.15) is 26.3 Å². The highest BCUT2D eigenvalue weighted by molar-refractivity contribution is 6.07. The molecule has 8 rings (SSSR count). The second-order valence-corrected chi connectivity index (χ2v) is 16.3. The molecule has 368 valence electrons. The quantitative estimate of drug-likeness (QED) is 0.0964. The molecule has 25 heteroatoms. The van der Waals surface area contributed by atoms with Gasteiger partial charge in [0.25, 0.3) is 5.91 Å². The highest BCUT2D eigenvalue weighted by atomic mass is 19.4. The number of aromatic nitrogens is 4. The number of Topliss-reactive ketones (excluding diaryl/α,β-unsaturated/α-hetero) is 2. The number of carbonyl (C=O) groups excluding carboxylic acids is 5. The van der Waals surface area contributed by atoms with Crippen LogP contribution in [0.4, 0.5) is 70.6 Å². The Morgan fingerprint density at radius 3 is 1.49 bits per heavy atom. The van der Waals surface area contributed by atoms with E-state index in [1.165, 1.54) is 63.5 Å². The number of rotatable bonds is 10. The second-order valence-electron chi connectivity index (χ2n) is 16.3. The van der Waals surface area contributed by atoms with E-state index >= 15 is 0 Å². The van der Waals surface area contributed by atoms with Crippen molar-refractivity contribution in [3.05, 3.63) is 83.4 Å². The van der Waals surface area contributed by atoms with Gasteiger partial charge in [-0.3, -0.25) is 34.8 Å². The lowest BCUT2D eigenvalue weighted by molar-refractivity contribution is -0.134. The maximum atomic E-state index is 13.3. The van der Waals surface area contributed by atoms with Crippen molar-refractivity contribution in [1.82, 2.24) is 24.8 Å². The number of hydrogen-bond donors (Lipinski definition) is 4. The zero-order valence-corrected chi connectivity index (χ0v) is 37.5. The second kappa shape index (κ2) is 21.2. The van der Waals surface area contributed by atoms with E-state index in [1.54, 1.807) is 26.2 Å². The molecule has 5 amide bonds. The minimum absolute atomic E-state index is 0.0225. The number of alkyl halides is 6. The topological polar surface area (TPSA) is 240 Å². The number of urea groups is 2. The number of nitrogens with zero attached hydrogens (tertiary/aromatic N) is 9. The summed E-state index contributed by atoms with van der Waals surface area (Å²) in [5.74, 6) is -2.38. The van der Waals surface area contributed by atoms with Crippen LogP contribution in [0.2, 0.25) is 0 Å². The number of fused-ring (bicyclic) bond motifs is 8. The third-order valence-corrected chi connectivity index (χ3v) is 11.1. The van der Waals surface area contributed by atoms with Gasteiger partial charge >= 0.3 is 30.4 Å². The van der Waals surface area contributed by atoms with Gasteiger partial charge in [-0.25, -0.2) is 34.3 Å². The van der Waals surface area contributed by atoms with Crippen molar-refractivity contribution in [2.24, 2.45) is 5.73 Å². The van der Waals surface area contributed by atoms with Gasteiger partial charge < -0.3 is 25.5 Å². The number of hydrogen-bond acceptors (Lipinski definition) is 13. The van der Waals surface area contributed by atoms with Crippen LogP contribution in [0, 0.1) is 0 Å². The standard InChI is InChI=1S/C22H23F3N6O3.C20H18F3N5O4.C2H7N/c1-29(2)20(33)13-6-9-26-18(11-13)28-21(34)31-14-7-10-30(12-14)16-4-3-15(27-19(16)31)17(32)5-8-22(23,24)25;21-20(22,23)6-3-15(29)13-1-2-14-17(25-13)28(12-5-8-27(14)10-12)19(32)26-16-9-11(18(30)31)4-7-24-16;1-2-3/h3-4,6,9,11,14H,5,7-8,10,12H2,1-2H3,(H,26,28,34);1-2,4,7,9,12H,3,5-6,8,10H2,(H,30,31)(H,24,26,32);2-3H2,1H3/t14-;12-;/m00./s1. The summed E-state index contributed by atoms with van der Waals surface area (Å²) in [5, 5.41) is 14.3. The van der Waals surface area contributed by atoms with Crippen LogP contribution in [0.5, 0.6) is 0 Å². The Morgan fingerprint density at radius 1 is 0.696 bits per heavy atom. The number of pyridine rings is 4. The molecule has 2 atom stereocenters. The third kappa shape index (κ3) is 12.6. The third-order valence-electron chi connectivity index (χ3n) is 11.1. The summed E-state index contributed by atoms with van der Waals surface area (Å²) in [6.07, 6.45) is -8.91. The molecule has 0 aromatic carbocycles. The van der Waals surface area contributed by atoms with E-state index in [9.17, 15) is 55.1 Å². The summed E-state index contributed by atoms with van der Waals surface area (Å²) in [6.45, 7) is 5.08. The monoisotopic (exact) mass is 970 g/mol. The molecule has 4 bridgehead atoms. The number of carboxylic acid groups (broad SMARTS) is 1. The first kappa shape index (κ1) is 51.0. The van der Waals surface area contributed by atoms with Crippen LogP contribution in [-0.2, 0) is 0 Å². The Hall–Kier alpha value is -7.44. The first-order valence-corrected chi connectivity index (χ1v) is 21.6. The number of ketones is 2. The summed E-state index contributed by atoms with van der Waals surface area (Å²) in [4.78, 5) is 99.1. The largest absolute Gasteiger partial charge is 0.478 e. The molecule has 69 heavy (non-hydrogen) atoms. The number of aromatic carboxylic acids is 1. The van der Waals surface area contributed by atoms with E-state index in [2.05, 4.69) is 30.6 Å². The van der Waals surface area contributed by atoms with Crippen molar-refractivity contribution < 1.29 is 60.2 Å². The SMILES string of the molecule is CCN.CN(C)C(=O)c1ccnc(NC(=O)N2c3nc(C(=O)CCC(F)(F)F)ccc3N3CC[C@H]2C3)c1.O=C(O)c1ccnc(NC(=O)N2c3nc(C(=O)CCC(F)(F)F)ccc3N3CC[C@H]2C3)c1. The molecule has 0 unspecified atom stereocenters. The van der Waals surface area contributed by atoms with E-state index in [-0.39, 0.29) is 58.2 Å². The number of carboxylic acids is 1. The molecule has 5 N–H and O–H groups in total. The number of amides is 5. The molecular formula is C44H48F6N12O7. The fourth-order valence-electron chi connectivity index (χ4n) is 7.88. The maximum Gasteiger partial charge on any atom is 0.389 e. The molecule has 4 aromatic rings. The lowest BCUT2D eigenvalue weighted by Crippen LogP contribution is -2.48. The van der Waals surface area contributed by atoms with Gasteiger partial charge in [0.15, 0.2) is 23.2 Å². The molecular weight excluding hydrogens is 923 g/mol. The van der Waals surface area contributed by atoms with E-state index < -0.39 is 67.6 Å². The van der Waals surface area contributed by atoms with E-state index in [0.717, 1.165) is 6.54 Å². The van der Waals surface area contributed by atoms with Crippen molar-refractivity contribution in [3.8, 4) is 0 Å². The minimum atomic E-state index is -4.46. The van der Waals surface area contributed by atoms with Gasteiger partial charge in [0.1, 0.15) is 23.0 Å². The molecule has 0 spiro atoms. The summed E-state index contributed by atoms with van der Waals surface area (Å²) >= 11 is 0. The van der Waals surface area contributed by atoms with Crippen LogP contribution < -0.4 is 36.0 Å². The number of anilines is 6. The Balaban J connectivity index is 0.000000215. The summed E-state index contributed by atoms with van der Waals surface area (Å²) in [5.41, 5.74) is 6.07. The predicted molar refractivity (Wildman–Crippen MR) is 240 cm³/mol. The van der Waals surface area contributed by atoms with Gasteiger partial charge in [-0.05, 0) is 67.9 Å². The lowest BCUT2D eigenvalue weighted by Gasteiger charge is -2.35. The Labute approximate surface area is 390 Å². The average molecular weight is 971 g/mol. The first-order chi connectivity index (χ1) is 32.6. The lowest BCUT2D eigenvalue weighted by atomic mass is 10.1. The molecule has 4 aromatic heterocycles. The van der Waals surface area contributed by atoms with Gasteiger partial charge in [0, 0.05) is 71.1 Å². The summed E-state index contributed by atoms with van der Waals surface area (Å²) < 4.78 is 75.1. The van der Waals surface area contributed by atoms with Crippen molar-refractivity contribution in [3.63, 3.8) is 0 Å². The van der Waals surface area contributed by atoms with Crippen molar-refractivity contribution >= 4 is 70.2 Å². The number of carbonyl (C=O) groups is 6. The molecule has 19 nitrogen and oxygen atoms in total. The molecule has 0 radical (unpaired) electrons. The van der Waals surface area contributed by atoms with Gasteiger partial charge in [0.2, 0.25) is 0 Å². The first-order valence-electron chi connectivity index (χ1n) is 21.6.